The Morgan fingerprint density at radius 2 is 1.63 bits per heavy atom. The molecule has 12 heteroatoms. The van der Waals surface area contributed by atoms with E-state index >= 15 is 0 Å². The van der Waals surface area contributed by atoms with Crippen molar-refractivity contribution in [2.75, 3.05) is 33.6 Å². The van der Waals surface area contributed by atoms with Crippen LogP contribution in [0.15, 0.2) is 52.3 Å². The summed E-state index contributed by atoms with van der Waals surface area (Å²) < 4.78 is 54.2. The molecule has 0 N–H and O–H groups in total. The van der Waals surface area contributed by atoms with Crippen molar-refractivity contribution in [1.82, 2.24) is 19.5 Å². The zero-order chi connectivity index (χ0) is 21.9. The molecule has 0 aliphatic carbocycles. The lowest BCUT2D eigenvalue weighted by molar-refractivity contribution is 0.0779. The maximum Gasteiger partial charge on any atom is 0.242 e. The molecule has 162 valence electrons. The van der Waals surface area contributed by atoms with Crippen molar-refractivity contribution < 1.29 is 26.4 Å². The van der Waals surface area contributed by atoms with E-state index in [2.05, 4.69) is 10.3 Å². The van der Waals surface area contributed by atoms with Crippen molar-refractivity contribution in [3.8, 4) is 5.75 Å². The Bertz CT molecular complexity index is 1240. The molecule has 2 aromatic carbocycles. The van der Waals surface area contributed by atoms with Gasteiger partial charge in [0.15, 0.2) is 9.84 Å². The van der Waals surface area contributed by atoms with E-state index in [-0.39, 0.29) is 16.4 Å². The smallest absolute Gasteiger partial charge is 0.242 e. The van der Waals surface area contributed by atoms with Gasteiger partial charge in [-0.3, -0.25) is 0 Å². The number of hydrogen-bond donors (Lipinski definition) is 0. The Hall–Kier alpha value is -2.70. The van der Waals surface area contributed by atoms with E-state index < -0.39 is 19.9 Å². The van der Waals surface area contributed by atoms with Crippen LogP contribution in [0, 0.1) is 0 Å². The van der Waals surface area contributed by atoms with Crippen LogP contribution >= 0.6 is 0 Å². The first kappa shape index (κ1) is 22.0. The minimum atomic E-state index is -3.58. The minimum Gasteiger partial charge on any atom is -0.493 e. The first-order valence-electron chi connectivity index (χ1n) is 8.93. The summed E-state index contributed by atoms with van der Waals surface area (Å²) in [6.45, 7) is 0.593. The molecular weight excluding hydrogens is 432 g/mol. The highest BCUT2D eigenvalue weighted by Crippen LogP contribution is 2.19. The SMILES string of the molecule is CN(C)S(=O)(=O)c1ccc2nnn(OCCCOc3ccc(S(C)(=O)=O)cc3)c2c1. The summed E-state index contributed by atoms with van der Waals surface area (Å²) in [5.74, 6) is 0.548. The van der Waals surface area contributed by atoms with Crippen molar-refractivity contribution in [2.45, 2.75) is 16.2 Å². The molecule has 0 fully saturated rings. The lowest BCUT2D eigenvalue weighted by Crippen LogP contribution is -2.22. The number of sulfone groups is 1. The Balaban J connectivity index is 1.57. The fourth-order valence-corrected chi connectivity index (χ4v) is 4.08. The predicted octanol–water partition coefficient (Wildman–Crippen LogP) is 0.983. The van der Waals surface area contributed by atoms with Gasteiger partial charge in [0, 0.05) is 26.8 Å². The zero-order valence-corrected chi connectivity index (χ0v) is 18.4. The molecule has 10 nitrogen and oxygen atoms in total. The van der Waals surface area contributed by atoms with E-state index in [1.54, 1.807) is 18.2 Å². The predicted molar refractivity (Wildman–Crippen MR) is 110 cm³/mol. The molecule has 0 atom stereocenters. The number of benzene rings is 2. The Kier molecular flexibility index (Phi) is 6.29. The normalized spacial score (nSPS) is 12.4. The van der Waals surface area contributed by atoms with E-state index in [0.29, 0.717) is 29.8 Å². The molecule has 3 aromatic rings. The number of aromatic nitrogens is 3. The van der Waals surface area contributed by atoms with Crippen LogP contribution in [0.2, 0.25) is 0 Å². The van der Waals surface area contributed by atoms with Gasteiger partial charge in [-0.2, -0.15) is 0 Å². The number of hydrogen-bond acceptors (Lipinski definition) is 8. The first-order chi connectivity index (χ1) is 14.1. The Morgan fingerprint density at radius 3 is 2.27 bits per heavy atom. The molecule has 1 heterocycles. The highest BCUT2D eigenvalue weighted by atomic mass is 32.2. The largest absolute Gasteiger partial charge is 0.493 e. The van der Waals surface area contributed by atoms with Gasteiger partial charge in [-0.15, -0.1) is 5.10 Å². The molecule has 0 radical (unpaired) electrons. The fourth-order valence-electron chi connectivity index (χ4n) is 2.53. The Morgan fingerprint density at radius 1 is 0.967 bits per heavy atom. The van der Waals surface area contributed by atoms with Crippen LogP contribution in [-0.2, 0) is 19.9 Å². The number of nitrogens with zero attached hydrogens (tertiary/aromatic N) is 4. The fraction of sp³-hybridized carbons (Fsp3) is 0.333. The van der Waals surface area contributed by atoms with Crippen LogP contribution in [0.4, 0.5) is 0 Å². The van der Waals surface area contributed by atoms with Crippen LogP contribution in [0.3, 0.4) is 0 Å². The summed E-state index contributed by atoms with van der Waals surface area (Å²) in [5, 5.41) is 7.85. The molecule has 0 bridgehead atoms. The first-order valence-corrected chi connectivity index (χ1v) is 12.3. The van der Waals surface area contributed by atoms with Gasteiger partial charge in [-0.05, 0) is 47.7 Å². The zero-order valence-electron chi connectivity index (χ0n) is 16.7. The number of rotatable bonds is 9. The third-order valence-corrected chi connectivity index (χ3v) is 7.13. The van der Waals surface area contributed by atoms with Gasteiger partial charge >= 0.3 is 0 Å². The lowest BCUT2D eigenvalue weighted by atomic mass is 10.3. The summed E-state index contributed by atoms with van der Waals surface area (Å²) >= 11 is 0. The second-order valence-corrected chi connectivity index (χ2v) is 10.8. The second-order valence-electron chi connectivity index (χ2n) is 6.68. The number of fused-ring (bicyclic) bond motifs is 1. The summed E-state index contributed by atoms with van der Waals surface area (Å²) in [7, 11) is -3.91. The molecule has 0 unspecified atom stereocenters. The third kappa shape index (κ3) is 4.89. The average Bonchev–Trinajstić information content (AvgIpc) is 3.09. The molecule has 1 aromatic heterocycles. The quantitative estimate of drug-likeness (QED) is 0.439. The summed E-state index contributed by atoms with van der Waals surface area (Å²) in [6, 6.07) is 10.7. The standard InChI is InChI=1S/C18H22N4O6S2/c1-21(2)30(25,26)16-9-10-17-18(13-16)22(20-19-17)28-12-4-11-27-14-5-7-15(8-6-14)29(3,23)24/h5-10,13H,4,11-12H2,1-3H3. The number of ether oxygens (including phenoxy) is 1. The molecule has 0 spiro atoms. The van der Waals surface area contributed by atoms with Gasteiger partial charge in [0.25, 0.3) is 0 Å². The van der Waals surface area contributed by atoms with E-state index in [0.717, 1.165) is 10.6 Å². The Labute approximate surface area is 174 Å². The summed E-state index contributed by atoms with van der Waals surface area (Å²) in [6.07, 6.45) is 1.66. The van der Waals surface area contributed by atoms with Gasteiger partial charge in [-0.25, -0.2) is 21.1 Å². The van der Waals surface area contributed by atoms with Gasteiger partial charge in [0.05, 0.1) is 16.4 Å². The lowest BCUT2D eigenvalue weighted by Gasteiger charge is -2.11. The minimum absolute atomic E-state index is 0.119. The van der Waals surface area contributed by atoms with Gasteiger partial charge in [0.2, 0.25) is 10.0 Å². The third-order valence-electron chi connectivity index (χ3n) is 4.19. The summed E-state index contributed by atoms with van der Waals surface area (Å²) in [4.78, 5) is 7.10. The van der Waals surface area contributed by atoms with Crippen molar-refractivity contribution in [3.05, 3.63) is 42.5 Å². The van der Waals surface area contributed by atoms with Crippen LogP contribution in [0.5, 0.6) is 5.75 Å². The molecule has 3 rings (SSSR count). The maximum absolute atomic E-state index is 12.3. The van der Waals surface area contributed by atoms with Gasteiger partial charge in [0.1, 0.15) is 23.4 Å². The van der Waals surface area contributed by atoms with E-state index in [1.807, 2.05) is 0 Å². The molecule has 0 saturated heterocycles. The highest BCUT2D eigenvalue weighted by Gasteiger charge is 2.19. The van der Waals surface area contributed by atoms with Crippen LogP contribution < -0.4 is 9.57 Å². The molecule has 0 aliphatic rings. The van der Waals surface area contributed by atoms with E-state index in [4.69, 9.17) is 9.57 Å². The molecular formula is C18H22N4O6S2. The van der Waals surface area contributed by atoms with Crippen molar-refractivity contribution in [3.63, 3.8) is 0 Å². The van der Waals surface area contributed by atoms with Gasteiger partial charge in [-0.1, -0.05) is 4.85 Å². The van der Waals surface area contributed by atoms with Crippen molar-refractivity contribution >= 4 is 30.9 Å². The second kappa shape index (κ2) is 8.58. The average molecular weight is 455 g/mol. The molecule has 0 aliphatic heterocycles. The summed E-state index contributed by atoms with van der Waals surface area (Å²) in [5.41, 5.74) is 0.949. The van der Waals surface area contributed by atoms with Crippen molar-refractivity contribution in [2.24, 2.45) is 0 Å². The van der Waals surface area contributed by atoms with Gasteiger partial charge < -0.3 is 9.57 Å². The number of sulfonamides is 1. The van der Waals surface area contributed by atoms with E-state index in [1.165, 1.54) is 43.2 Å². The molecule has 0 saturated carbocycles. The van der Waals surface area contributed by atoms with Crippen molar-refractivity contribution in [1.29, 1.82) is 0 Å². The monoisotopic (exact) mass is 454 g/mol. The van der Waals surface area contributed by atoms with Crippen LogP contribution in [0.25, 0.3) is 11.0 Å². The maximum atomic E-state index is 12.3. The molecule has 0 amide bonds. The van der Waals surface area contributed by atoms with Crippen LogP contribution in [0.1, 0.15) is 6.42 Å². The van der Waals surface area contributed by atoms with Crippen LogP contribution in [-0.4, -0.2) is 69.9 Å². The molecule has 30 heavy (non-hydrogen) atoms. The van der Waals surface area contributed by atoms with E-state index in [9.17, 15) is 16.8 Å². The highest BCUT2D eigenvalue weighted by molar-refractivity contribution is 7.90. The topological polar surface area (TPSA) is 121 Å².